The van der Waals surface area contributed by atoms with Crippen LogP contribution in [0.15, 0.2) is 16.6 Å². The van der Waals surface area contributed by atoms with Crippen molar-refractivity contribution in [2.75, 3.05) is 25.9 Å². The van der Waals surface area contributed by atoms with Gasteiger partial charge in [0, 0.05) is 42.2 Å². The smallest absolute Gasteiger partial charge is 0.194 e. The molecule has 116 valence electrons. The van der Waals surface area contributed by atoms with E-state index < -0.39 is 0 Å². The van der Waals surface area contributed by atoms with E-state index in [1.165, 1.54) is 37.9 Å². The minimum atomic E-state index is 0.481. The van der Waals surface area contributed by atoms with E-state index in [1.54, 1.807) is 11.3 Å². The van der Waals surface area contributed by atoms with Crippen molar-refractivity contribution in [1.82, 2.24) is 15.2 Å². The molecule has 0 atom stereocenters. The van der Waals surface area contributed by atoms with Gasteiger partial charge in [-0.25, -0.2) is 4.98 Å². The molecule has 0 bridgehead atoms. The molecule has 0 radical (unpaired) electrons. The van der Waals surface area contributed by atoms with Crippen molar-refractivity contribution in [2.24, 2.45) is 4.99 Å². The summed E-state index contributed by atoms with van der Waals surface area (Å²) in [5.74, 6) is 2.26. The summed E-state index contributed by atoms with van der Waals surface area (Å²) in [4.78, 5) is 11.3. The Morgan fingerprint density at radius 1 is 1.43 bits per heavy atom. The van der Waals surface area contributed by atoms with Gasteiger partial charge in [0.05, 0.1) is 6.54 Å². The summed E-state index contributed by atoms with van der Waals surface area (Å²) in [6.45, 7) is 3.03. The molecular formula is C15H24N4S2. The lowest BCUT2D eigenvalue weighted by atomic mass is 9.87. The van der Waals surface area contributed by atoms with Gasteiger partial charge in [-0.2, -0.15) is 11.8 Å². The third kappa shape index (κ3) is 3.72. The third-order valence-corrected chi connectivity index (χ3v) is 6.72. The molecule has 21 heavy (non-hydrogen) atoms. The number of thioether (sulfide) groups is 1. The van der Waals surface area contributed by atoms with Gasteiger partial charge >= 0.3 is 0 Å². The van der Waals surface area contributed by atoms with Gasteiger partial charge in [0.2, 0.25) is 0 Å². The number of nitrogens with one attached hydrogen (secondary N) is 1. The molecule has 2 aliphatic rings. The molecule has 1 saturated carbocycles. The Morgan fingerprint density at radius 3 is 3.00 bits per heavy atom. The Labute approximate surface area is 135 Å². The number of guanidine groups is 1. The minimum absolute atomic E-state index is 0.481. The monoisotopic (exact) mass is 324 g/mol. The highest BCUT2D eigenvalue weighted by Gasteiger charge is 2.38. The number of aliphatic imine (C=N–C) groups is 1. The highest BCUT2D eigenvalue weighted by Crippen LogP contribution is 2.42. The molecule has 1 aromatic rings. The normalized spacial score (nSPS) is 22.5. The number of nitrogens with zero attached hydrogens (tertiary/aromatic N) is 3. The van der Waals surface area contributed by atoms with E-state index >= 15 is 0 Å². The van der Waals surface area contributed by atoms with E-state index in [1.807, 2.05) is 18.6 Å². The van der Waals surface area contributed by atoms with Crippen LogP contribution >= 0.6 is 23.1 Å². The molecule has 0 amide bonds. The van der Waals surface area contributed by atoms with Crippen molar-refractivity contribution < 1.29 is 0 Å². The maximum Gasteiger partial charge on any atom is 0.194 e. The van der Waals surface area contributed by atoms with Gasteiger partial charge in [0.1, 0.15) is 5.01 Å². The van der Waals surface area contributed by atoms with Gasteiger partial charge < -0.3 is 10.2 Å². The first-order chi connectivity index (χ1) is 10.3. The van der Waals surface area contributed by atoms with Crippen molar-refractivity contribution in [3.63, 3.8) is 0 Å². The quantitative estimate of drug-likeness (QED) is 0.671. The molecule has 1 saturated heterocycles. The highest BCUT2D eigenvalue weighted by atomic mass is 32.2. The Hall–Kier alpha value is -0.750. The van der Waals surface area contributed by atoms with Crippen molar-refractivity contribution in [3.8, 4) is 0 Å². The van der Waals surface area contributed by atoms with Crippen LogP contribution in [0.25, 0.3) is 0 Å². The number of hydrogen-bond donors (Lipinski definition) is 1. The molecule has 0 aromatic carbocycles. The van der Waals surface area contributed by atoms with E-state index in [4.69, 9.17) is 0 Å². The molecule has 1 N–H and O–H groups in total. The molecule has 2 fully saturated rings. The molecule has 4 nitrogen and oxygen atoms in total. The first-order valence-electron chi connectivity index (χ1n) is 7.79. The molecule has 2 heterocycles. The van der Waals surface area contributed by atoms with Crippen LogP contribution in [0.4, 0.5) is 0 Å². The first-order valence-corrected chi connectivity index (χ1v) is 9.66. The van der Waals surface area contributed by atoms with Gasteiger partial charge in [-0.15, -0.1) is 11.3 Å². The lowest BCUT2D eigenvalue weighted by Gasteiger charge is -2.45. The van der Waals surface area contributed by atoms with Gasteiger partial charge in [-0.3, -0.25) is 4.99 Å². The Balaban J connectivity index is 1.60. The summed E-state index contributed by atoms with van der Waals surface area (Å²) in [6, 6.07) is 0. The topological polar surface area (TPSA) is 40.5 Å². The Morgan fingerprint density at radius 2 is 2.29 bits per heavy atom. The van der Waals surface area contributed by atoms with Crippen LogP contribution < -0.4 is 5.32 Å². The average Bonchev–Trinajstić information content (AvgIpc) is 3.02. The zero-order valence-electron chi connectivity index (χ0n) is 12.7. The van der Waals surface area contributed by atoms with Crippen molar-refractivity contribution >= 4 is 29.1 Å². The van der Waals surface area contributed by atoms with Crippen LogP contribution in [-0.2, 0) is 6.54 Å². The van der Waals surface area contributed by atoms with Crippen molar-refractivity contribution in [2.45, 2.75) is 43.4 Å². The highest BCUT2D eigenvalue weighted by molar-refractivity contribution is 8.00. The van der Waals surface area contributed by atoms with Crippen LogP contribution in [0.3, 0.4) is 0 Å². The van der Waals surface area contributed by atoms with Crippen LogP contribution in [0.2, 0.25) is 0 Å². The number of rotatable bonds is 2. The molecular weight excluding hydrogens is 300 g/mol. The average molecular weight is 325 g/mol. The first kappa shape index (κ1) is 15.2. The zero-order chi connectivity index (χ0) is 14.5. The van der Waals surface area contributed by atoms with E-state index in [-0.39, 0.29) is 0 Å². The third-order valence-electron chi connectivity index (χ3n) is 4.41. The standard InChI is InChI=1S/C15H24N4S2/c1-16-14(18-11-13-17-7-9-20-13)19-8-10-21-15(12-19)5-3-2-4-6-15/h7,9H,2-6,8,10-12H2,1H3,(H,16,18). The SMILES string of the molecule is CN=C(NCc1nccs1)N1CCSC2(CCCCC2)C1. The summed E-state index contributed by atoms with van der Waals surface area (Å²) in [5.41, 5.74) is 0. The fourth-order valence-corrected chi connectivity index (χ4v) is 5.48. The fraction of sp³-hybridized carbons (Fsp3) is 0.733. The summed E-state index contributed by atoms with van der Waals surface area (Å²) in [5, 5.41) is 6.62. The van der Waals surface area contributed by atoms with Gasteiger partial charge in [0.25, 0.3) is 0 Å². The van der Waals surface area contributed by atoms with Crippen LogP contribution in [-0.4, -0.2) is 46.5 Å². The fourth-order valence-electron chi connectivity index (χ4n) is 3.35. The maximum atomic E-state index is 4.49. The number of hydrogen-bond acceptors (Lipinski definition) is 4. The van der Waals surface area contributed by atoms with Crippen LogP contribution in [0.1, 0.15) is 37.1 Å². The number of aromatic nitrogens is 1. The van der Waals surface area contributed by atoms with E-state index in [2.05, 4.69) is 32.0 Å². The maximum absolute atomic E-state index is 4.49. The molecule has 0 unspecified atom stereocenters. The minimum Gasteiger partial charge on any atom is -0.350 e. The second-order valence-electron chi connectivity index (χ2n) is 5.84. The molecule has 6 heteroatoms. The van der Waals surface area contributed by atoms with Crippen molar-refractivity contribution in [1.29, 1.82) is 0 Å². The lowest BCUT2D eigenvalue weighted by molar-refractivity contribution is 0.293. The second kappa shape index (κ2) is 7.01. The van der Waals surface area contributed by atoms with Gasteiger partial charge in [-0.1, -0.05) is 19.3 Å². The van der Waals surface area contributed by atoms with E-state index in [9.17, 15) is 0 Å². The summed E-state index contributed by atoms with van der Waals surface area (Å²) >= 11 is 3.89. The summed E-state index contributed by atoms with van der Waals surface area (Å²) in [7, 11) is 1.89. The summed E-state index contributed by atoms with van der Waals surface area (Å²) < 4.78 is 0.481. The predicted octanol–water partition coefficient (Wildman–Crippen LogP) is 2.97. The molecule has 1 spiro atoms. The van der Waals surface area contributed by atoms with Crippen LogP contribution in [0, 0.1) is 0 Å². The number of thiazole rings is 1. The molecule has 1 aromatic heterocycles. The largest absolute Gasteiger partial charge is 0.350 e. The van der Waals surface area contributed by atoms with E-state index in [0.717, 1.165) is 30.6 Å². The predicted molar refractivity (Wildman–Crippen MR) is 92.2 cm³/mol. The lowest BCUT2D eigenvalue weighted by Crippen LogP contribution is -2.53. The van der Waals surface area contributed by atoms with E-state index in [0.29, 0.717) is 4.75 Å². The van der Waals surface area contributed by atoms with Crippen LogP contribution in [0.5, 0.6) is 0 Å². The Kier molecular flexibility index (Phi) is 5.06. The van der Waals surface area contributed by atoms with Gasteiger partial charge in [-0.05, 0) is 12.8 Å². The zero-order valence-corrected chi connectivity index (χ0v) is 14.3. The Bertz CT molecular complexity index is 461. The summed E-state index contributed by atoms with van der Waals surface area (Å²) in [6.07, 6.45) is 8.81. The van der Waals surface area contributed by atoms with Gasteiger partial charge in [0.15, 0.2) is 5.96 Å². The molecule has 3 rings (SSSR count). The molecule has 1 aliphatic heterocycles. The second-order valence-corrected chi connectivity index (χ2v) is 8.38. The molecule has 1 aliphatic carbocycles. The van der Waals surface area contributed by atoms with Crippen molar-refractivity contribution in [3.05, 3.63) is 16.6 Å².